The van der Waals surface area contributed by atoms with Crippen LogP contribution in [0.15, 0.2) is 18.2 Å². The summed E-state index contributed by atoms with van der Waals surface area (Å²) in [5.74, 6) is 0.534. The van der Waals surface area contributed by atoms with Crippen LogP contribution in [0.2, 0.25) is 5.02 Å². The minimum Gasteiger partial charge on any atom is -0.493 e. The highest BCUT2D eigenvalue weighted by Gasteiger charge is 2.15. The van der Waals surface area contributed by atoms with Crippen LogP contribution in [0, 0.1) is 5.92 Å². The smallest absolute Gasteiger partial charge is 0.331 e. The van der Waals surface area contributed by atoms with Gasteiger partial charge in [-0.3, -0.25) is 4.79 Å². The number of hydrogen-bond donors (Lipinski definition) is 1. The maximum absolute atomic E-state index is 11.8. The van der Waals surface area contributed by atoms with Gasteiger partial charge in [0, 0.05) is 12.6 Å². The van der Waals surface area contributed by atoms with Gasteiger partial charge >= 0.3 is 5.97 Å². The molecule has 1 amide bonds. The van der Waals surface area contributed by atoms with Gasteiger partial charge in [0.05, 0.1) is 19.2 Å². The average Bonchev–Trinajstić information content (AvgIpc) is 2.69. The van der Waals surface area contributed by atoms with Gasteiger partial charge in [0.25, 0.3) is 5.91 Å². The fourth-order valence-electron chi connectivity index (χ4n) is 3.08. The summed E-state index contributed by atoms with van der Waals surface area (Å²) in [6, 6.07) is 3.33. The molecule has 1 fully saturated rings. The molecular formula is C20H26ClNO5. The van der Waals surface area contributed by atoms with Crippen LogP contribution in [-0.2, 0) is 14.3 Å². The monoisotopic (exact) mass is 395 g/mol. The van der Waals surface area contributed by atoms with Crippen molar-refractivity contribution in [2.24, 2.45) is 5.92 Å². The average molecular weight is 396 g/mol. The number of nitrogens with one attached hydrogen (secondary N) is 1. The van der Waals surface area contributed by atoms with Gasteiger partial charge in [-0.15, -0.1) is 0 Å². The third-order valence-corrected chi connectivity index (χ3v) is 4.81. The highest BCUT2D eigenvalue weighted by molar-refractivity contribution is 6.32. The lowest BCUT2D eigenvalue weighted by Crippen LogP contribution is -2.33. The maximum atomic E-state index is 11.8. The standard InChI is InChI=1S/C20H26ClNO5/c1-25-17-11-15(10-16(21)20(17)26-2)8-9-19(24)27-13-18(23)22-12-14-6-4-3-5-7-14/h8-11,14H,3-7,12-13H2,1-2H3,(H,22,23)/b9-8+. The number of amides is 1. The zero-order chi connectivity index (χ0) is 19.6. The van der Waals surface area contributed by atoms with E-state index in [9.17, 15) is 9.59 Å². The second-order valence-electron chi connectivity index (χ2n) is 6.49. The van der Waals surface area contributed by atoms with Crippen molar-refractivity contribution < 1.29 is 23.8 Å². The van der Waals surface area contributed by atoms with Crippen molar-refractivity contribution in [3.63, 3.8) is 0 Å². The molecule has 6 nitrogen and oxygen atoms in total. The first-order valence-electron chi connectivity index (χ1n) is 9.06. The van der Waals surface area contributed by atoms with Gasteiger partial charge in [-0.25, -0.2) is 4.79 Å². The van der Waals surface area contributed by atoms with Crippen LogP contribution in [0.3, 0.4) is 0 Å². The van der Waals surface area contributed by atoms with Crippen LogP contribution in [0.25, 0.3) is 6.08 Å². The Morgan fingerprint density at radius 1 is 1.19 bits per heavy atom. The minimum absolute atomic E-state index is 0.281. The quantitative estimate of drug-likeness (QED) is 0.537. The molecule has 0 atom stereocenters. The molecule has 0 bridgehead atoms. The number of carbonyl (C=O) groups excluding carboxylic acids is 2. The molecule has 148 valence electrons. The van der Waals surface area contributed by atoms with E-state index in [1.54, 1.807) is 12.1 Å². The predicted molar refractivity (Wildman–Crippen MR) is 104 cm³/mol. The molecule has 1 aromatic carbocycles. The Morgan fingerprint density at radius 3 is 2.59 bits per heavy atom. The molecule has 1 saturated carbocycles. The van der Waals surface area contributed by atoms with Crippen molar-refractivity contribution in [1.82, 2.24) is 5.32 Å². The fraction of sp³-hybridized carbons (Fsp3) is 0.500. The number of ether oxygens (including phenoxy) is 3. The number of benzene rings is 1. The van der Waals surface area contributed by atoms with Crippen molar-refractivity contribution in [2.45, 2.75) is 32.1 Å². The first kappa shape index (κ1) is 21.1. The van der Waals surface area contributed by atoms with Crippen LogP contribution < -0.4 is 14.8 Å². The van der Waals surface area contributed by atoms with Crippen molar-refractivity contribution in [3.8, 4) is 11.5 Å². The SMILES string of the molecule is COc1cc(/C=C/C(=O)OCC(=O)NCC2CCCCC2)cc(Cl)c1OC. The predicted octanol–water partition coefficient (Wildman–Crippen LogP) is 3.61. The topological polar surface area (TPSA) is 73.9 Å². The van der Waals surface area contributed by atoms with Crippen LogP contribution in [-0.4, -0.2) is 39.2 Å². The summed E-state index contributed by atoms with van der Waals surface area (Å²) in [7, 11) is 3.00. The summed E-state index contributed by atoms with van der Waals surface area (Å²) >= 11 is 6.12. The number of methoxy groups -OCH3 is 2. The molecule has 27 heavy (non-hydrogen) atoms. The van der Waals surface area contributed by atoms with Gasteiger partial charge in [0.1, 0.15) is 0 Å². The number of esters is 1. The summed E-state index contributed by atoms with van der Waals surface area (Å²) in [5, 5.41) is 3.20. The van der Waals surface area contributed by atoms with E-state index < -0.39 is 5.97 Å². The third-order valence-electron chi connectivity index (χ3n) is 4.53. The summed E-state index contributed by atoms with van der Waals surface area (Å²) in [6.45, 7) is 0.360. The van der Waals surface area contributed by atoms with Gasteiger partial charge in [0.2, 0.25) is 0 Å². The molecule has 0 radical (unpaired) electrons. The Morgan fingerprint density at radius 2 is 1.93 bits per heavy atom. The molecule has 1 N–H and O–H groups in total. The highest BCUT2D eigenvalue weighted by atomic mass is 35.5. The minimum atomic E-state index is -0.603. The molecule has 7 heteroatoms. The first-order valence-corrected chi connectivity index (χ1v) is 9.44. The van der Waals surface area contributed by atoms with Crippen LogP contribution in [0.5, 0.6) is 11.5 Å². The summed E-state index contributed by atoms with van der Waals surface area (Å²) in [4.78, 5) is 23.6. The second kappa shape index (κ2) is 10.8. The first-order chi connectivity index (χ1) is 13.0. The van der Waals surface area contributed by atoms with Crippen LogP contribution in [0.4, 0.5) is 0 Å². The maximum Gasteiger partial charge on any atom is 0.331 e. The summed E-state index contributed by atoms with van der Waals surface area (Å²) in [6.07, 6.45) is 8.80. The van der Waals surface area contributed by atoms with E-state index in [-0.39, 0.29) is 12.5 Å². The van der Waals surface area contributed by atoms with Gasteiger partial charge in [-0.05, 0) is 42.5 Å². The van der Waals surface area contributed by atoms with Crippen molar-refractivity contribution in [3.05, 3.63) is 28.8 Å². The molecule has 0 aromatic heterocycles. The Kier molecular flexibility index (Phi) is 8.45. The van der Waals surface area contributed by atoms with Crippen molar-refractivity contribution >= 4 is 29.6 Å². The molecule has 1 aliphatic rings. The normalized spacial score (nSPS) is 14.8. The lowest BCUT2D eigenvalue weighted by Gasteiger charge is -2.21. The molecule has 0 heterocycles. The van der Waals surface area contributed by atoms with Crippen molar-refractivity contribution in [1.29, 1.82) is 0 Å². The van der Waals surface area contributed by atoms with E-state index in [1.807, 2.05) is 0 Å². The Balaban J connectivity index is 1.79. The number of rotatable bonds is 8. The van der Waals surface area contributed by atoms with E-state index in [0.717, 1.165) is 12.8 Å². The van der Waals surface area contributed by atoms with Gasteiger partial charge in [-0.2, -0.15) is 0 Å². The number of hydrogen-bond acceptors (Lipinski definition) is 5. The van der Waals surface area contributed by atoms with Gasteiger partial charge < -0.3 is 19.5 Å². The molecule has 2 rings (SSSR count). The third kappa shape index (κ3) is 6.79. The van der Waals surface area contributed by atoms with Gasteiger partial charge in [0.15, 0.2) is 18.1 Å². The number of halogens is 1. The molecule has 1 aliphatic carbocycles. The Bertz CT molecular complexity index is 683. The number of carbonyl (C=O) groups is 2. The Labute approximate surface area is 164 Å². The second-order valence-corrected chi connectivity index (χ2v) is 6.89. The molecule has 0 unspecified atom stereocenters. The summed E-state index contributed by atoms with van der Waals surface area (Å²) < 4.78 is 15.3. The van der Waals surface area contributed by atoms with Crippen molar-refractivity contribution in [2.75, 3.05) is 27.4 Å². The molecule has 0 aliphatic heterocycles. The highest BCUT2D eigenvalue weighted by Crippen LogP contribution is 2.36. The molecule has 1 aromatic rings. The molecule has 0 saturated heterocycles. The Hall–Kier alpha value is -2.21. The largest absolute Gasteiger partial charge is 0.493 e. The van der Waals surface area contributed by atoms with E-state index >= 15 is 0 Å². The van der Waals surface area contributed by atoms with Gasteiger partial charge in [-0.1, -0.05) is 30.9 Å². The van der Waals surface area contributed by atoms with E-state index in [1.165, 1.54) is 45.6 Å². The van der Waals surface area contributed by atoms with E-state index in [4.69, 9.17) is 25.8 Å². The zero-order valence-electron chi connectivity index (χ0n) is 15.8. The lowest BCUT2D eigenvalue weighted by atomic mass is 9.89. The lowest BCUT2D eigenvalue weighted by molar-refractivity contribution is -0.143. The summed E-state index contributed by atoms with van der Waals surface area (Å²) in [5.41, 5.74) is 0.649. The van der Waals surface area contributed by atoms with Crippen LogP contribution >= 0.6 is 11.6 Å². The molecule has 0 spiro atoms. The van der Waals surface area contributed by atoms with Crippen LogP contribution in [0.1, 0.15) is 37.7 Å². The van der Waals surface area contributed by atoms with E-state index in [0.29, 0.717) is 34.5 Å². The zero-order valence-corrected chi connectivity index (χ0v) is 16.5. The van der Waals surface area contributed by atoms with E-state index in [2.05, 4.69) is 5.32 Å². The fourth-order valence-corrected chi connectivity index (χ4v) is 3.38. The molecular weight excluding hydrogens is 370 g/mol.